The number of ether oxygens (including phenoxy) is 2. The summed E-state index contributed by atoms with van der Waals surface area (Å²) in [6, 6.07) is 8.75. The van der Waals surface area contributed by atoms with Crippen molar-refractivity contribution in [3.05, 3.63) is 41.3 Å². The van der Waals surface area contributed by atoms with Gasteiger partial charge in [0.2, 0.25) is 5.91 Å². The summed E-state index contributed by atoms with van der Waals surface area (Å²) in [7, 11) is -3.53. The summed E-state index contributed by atoms with van der Waals surface area (Å²) >= 11 is 1.20. The molecule has 2 aliphatic rings. The molecule has 0 spiro atoms. The summed E-state index contributed by atoms with van der Waals surface area (Å²) in [5, 5.41) is 4.77. The van der Waals surface area contributed by atoms with Gasteiger partial charge in [-0.25, -0.2) is 8.42 Å². The molecule has 0 bridgehead atoms. The number of piperidine rings is 1. The van der Waals surface area contributed by atoms with Crippen LogP contribution in [0.1, 0.15) is 31.4 Å². The highest BCUT2D eigenvalue weighted by Gasteiger charge is 2.34. The minimum atomic E-state index is -3.53. The van der Waals surface area contributed by atoms with Crippen LogP contribution in [0.5, 0.6) is 11.5 Å². The molecule has 3 heterocycles. The maximum absolute atomic E-state index is 12.8. The smallest absolute Gasteiger partial charge is 0.252 e. The van der Waals surface area contributed by atoms with Crippen molar-refractivity contribution in [2.45, 2.75) is 30.0 Å². The van der Waals surface area contributed by atoms with Crippen molar-refractivity contribution in [3.63, 3.8) is 0 Å². The molecule has 2 aromatic rings. The Kier molecular flexibility index (Phi) is 5.80. The molecule has 1 aromatic carbocycles. The number of carbonyl (C=O) groups excluding carboxylic acids is 1. The van der Waals surface area contributed by atoms with E-state index < -0.39 is 10.0 Å². The molecule has 0 aliphatic carbocycles. The van der Waals surface area contributed by atoms with Gasteiger partial charge in [0.15, 0.2) is 11.5 Å². The van der Waals surface area contributed by atoms with Gasteiger partial charge in [0.05, 0.1) is 12.0 Å². The van der Waals surface area contributed by atoms with Crippen molar-refractivity contribution in [2.75, 3.05) is 26.3 Å². The molecule has 7 nitrogen and oxygen atoms in total. The largest absolute Gasteiger partial charge is 0.486 e. The molecule has 2 aliphatic heterocycles. The lowest BCUT2D eigenvalue weighted by atomic mass is 9.97. The Bertz CT molecular complexity index is 975. The van der Waals surface area contributed by atoms with Crippen LogP contribution in [0.4, 0.5) is 0 Å². The molecular formula is C20H24N2O5S2. The third kappa shape index (κ3) is 4.26. The highest BCUT2D eigenvalue weighted by atomic mass is 32.2. The number of rotatable bonds is 5. The van der Waals surface area contributed by atoms with Crippen LogP contribution in [0.25, 0.3) is 0 Å². The fraction of sp³-hybridized carbons (Fsp3) is 0.450. The molecule has 2 atom stereocenters. The van der Waals surface area contributed by atoms with Crippen molar-refractivity contribution in [3.8, 4) is 11.5 Å². The predicted octanol–water partition coefficient (Wildman–Crippen LogP) is 2.80. The second-order valence-corrected chi connectivity index (χ2v) is 10.4. The minimum Gasteiger partial charge on any atom is -0.486 e. The first-order valence-corrected chi connectivity index (χ1v) is 12.0. The van der Waals surface area contributed by atoms with Gasteiger partial charge in [-0.1, -0.05) is 12.1 Å². The molecule has 9 heteroatoms. The van der Waals surface area contributed by atoms with E-state index in [-0.39, 0.29) is 24.4 Å². The van der Waals surface area contributed by atoms with E-state index in [9.17, 15) is 13.2 Å². The van der Waals surface area contributed by atoms with Gasteiger partial charge in [-0.05, 0) is 48.9 Å². The van der Waals surface area contributed by atoms with Crippen molar-refractivity contribution in [1.82, 2.24) is 9.62 Å². The number of benzene rings is 1. The van der Waals surface area contributed by atoms with Crippen LogP contribution in [-0.4, -0.2) is 44.9 Å². The quantitative estimate of drug-likeness (QED) is 0.779. The number of thiophene rings is 1. The first-order valence-electron chi connectivity index (χ1n) is 9.69. The Balaban J connectivity index is 1.41. The maximum Gasteiger partial charge on any atom is 0.252 e. The summed E-state index contributed by atoms with van der Waals surface area (Å²) in [6.07, 6.45) is 1.34. The summed E-state index contributed by atoms with van der Waals surface area (Å²) < 4.78 is 38.5. The van der Waals surface area contributed by atoms with Gasteiger partial charge in [-0.3, -0.25) is 4.79 Å². The second kappa shape index (κ2) is 8.33. The molecule has 1 aromatic heterocycles. The first-order chi connectivity index (χ1) is 13.9. The van der Waals surface area contributed by atoms with Gasteiger partial charge in [0.25, 0.3) is 10.0 Å². The first kappa shape index (κ1) is 20.2. The zero-order valence-corrected chi connectivity index (χ0v) is 17.8. The lowest BCUT2D eigenvalue weighted by Gasteiger charge is -2.31. The second-order valence-electron chi connectivity index (χ2n) is 7.27. The number of amides is 1. The lowest BCUT2D eigenvalue weighted by molar-refractivity contribution is -0.126. The zero-order chi connectivity index (χ0) is 20.4. The standard InChI is InChI=1S/C20H24N2O5S2/c1-14(15-6-7-17-18(12-15)27-10-9-26-17)21-20(23)16-4-2-8-22(13-16)29(24,25)19-5-3-11-28-19/h3,5-7,11-12,14,16H,2,4,8-10,13H2,1H3,(H,21,23). The van der Waals surface area contributed by atoms with Gasteiger partial charge in [0.1, 0.15) is 17.4 Å². The predicted molar refractivity (Wildman–Crippen MR) is 110 cm³/mol. The van der Waals surface area contributed by atoms with Gasteiger partial charge >= 0.3 is 0 Å². The van der Waals surface area contributed by atoms with E-state index >= 15 is 0 Å². The Labute approximate surface area is 174 Å². The topological polar surface area (TPSA) is 84.9 Å². The molecule has 29 heavy (non-hydrogen) atoms. The molecule has 4 rings (SSSR count). The number of carbonyl (C=O) groups is 1. The summed E-state index contributed by atoms with van der Waals surface area (Å²) in [5.74, 6) is 0.901. The molecule has 0 saturated carbocycles. The van der Waals surface area contributed by atoms with Gasteiger partial charge < -0.3 is 14.8 Å². The van der Waals surface area contributed by atoms with Crippen LogP contribution in [0.15, 0.2) is 39.9 Å². The van der Waals surface area contributed by atoms with Crippen LogP contribution in [0, 0.1) is 5.92 Å². The van der Waals surface area contributed by atoms with Crippen molar-refractivity contribution < 1.29 is 22.7 Å². The Morgan fingerprint density at radius 2 is 2.03 bits per heavy atom. The number of fused-ring (bicyclic) bond motifs is 1. The van der Waals surface area contributed by atoms with E-state index in [1.165, 1.54) is 15.6 Å². The number of sulfonamides is 1. The molecule has 0 radical (unpaired) electrons. The summed E-state index contributed by atoms with van der Waals surface area (Å²) in [4.78, 5) is 12.8. The van der Waals surface area contributed by atoms with Gasteiger partial charge in [-0.2, -0.15) is 4.31 Å². The average molecular weight is 437 g/mol. The SMILES string of the molecule is CC(NC(=O)C1CCCN(S(=O)(=O)c2cccs2)C1)c1ccc2c(c1)OCCO2. The summed E-state index contributed by atoms with van der Waals surface area (Å²) in [6.45, 7) is 3.60. The Morgan fingerprint density at radius 3 is 2.79 bits per heavy atom. The highest BCUT2D eigenvalue weighted by Crippen LogP contribution is 2.33. The van der Waals surface area contributed by atoms with Crippen LogP contribution >= 0.6 is 11.3 Å². The third-order valence-electron chi connectivity index (χ3n) is 5.27. The number of nitrogens with one attached hydrogen (secondary N) is 1. The minimum absolute atomic E-state index is 0.126. The van der Waals surface area contributed by atoms with E-state index in [1.54, 1.807) is 17.5 Å². The van der Waals surface area contributed by atoms with Crippen molar-refractivity contribution in [1.29, 1.82) is 0 Å². The summed E-state index contributed by atoms with van der Waals surface area (Å²) in [5.41, 5.74) is 0.918. The third-order valence-corrected chi connectivity index (χ3v) is 8.51. The molecule has 156 valence electrons. The van der Waals surface area contributed by atoms with Crippen LogP contribution in [0.2, 0.25) is 0 Å². The monoisotopic (exact) mass is 436 g/mol. The van der Waals surface area contributed by atoms with E-state index in [1.807, 2.05) is 25.1 Å². The van der Waals surface area contributed by atoms with Gasteiger partial charge in [0, 0.05) is 13.1 Å². The van der Waals surface area contributed by atoms with E-state index in [4.69, 9.17) is 9.47 Å². The van der Waals surface area contributed by atoms with Crippen molar-refractivity contribution >= 4 is 27.3 Å². The van der Waals surface area contributed by atoms with Crippen LogP contribution in [0.3, 0.4) is 0 Å². The average Bonchev–Trinajstić information content (AvgIpc) is 3.29. The van der Waals surface area contributed by atoms with Gasteiger partial charge in [-0.15, -0.1) is 11.3 Å². The molecule has 1 fully saturated rings. The van der Waals surface area contributed by atoms with Crippen LogP contribution in [-0.2, 0) is 14.8 Å². The molecule has 1 amide bonds. The molecule has 2 unspecified atom stereocenters. The molecule has 1 saturated heterocycles. The number of nitrogens with zero attached hydrogens (tertiary/aromatic N) is 1. The molecule has 1 N–H and O–H groups in total. The highest BCUT2D eigenvalue weighted by molar-refractivity contribution is 7.91. The Morgan fingerprint density at radius 1 is 1.24 bits per heavy atom. The Hall–Kier alpha value is -2.10. The van der Waals surface area contributed by atoms with Crippen molar-refractivity contribution in [2.24, 2.45) is 5.92 Å². The number of hydrogen-bond acceptors (Lipinski definition) is 6. The molecular weight excluding hydrogens is 412 g/mol. The lowest BCUT2D eigenvalue weighted by Crippen LogP contribution is -2.45. The van der Waals surface area contributed by atoms with E-state index in [0.717, 1.165) is 5.56 Å². The fourth-order valence-electron chi connectivity index (χ4n) is 3.66. The number of hydrogen-bond donors (Lipinski definition) is 1. The normalized spacial score (nSPS) is 20.8. The maximum atomic E-state index is 12.8. The van der Waals surface area contributed by atoms with E-state index in [2.05, 4.69) is 5.32 Å². The fourth-order valence-corrected chi connectivity index (χ4v) is 6.32. The van der Waals surface area contributed by atoms with Crippen LogP contribution < -0.4 is 14.8 Å². The zero-order valence-electron chi connectivity index (χ0n) is 16.2. The van der Waals surface area contributed by atoms with E-state index in [0.29, 0.717) is 48.3 Å².